The van der Waals surface area contributed by atoms with Gasteiger partial charge in [-0.1, -0.05) is 29.8 Å². The molecule has 0 saturated heterocycles. The number of nitrogens with zero attached hydrogens (tertiary/aromatic N) is 7. The number of fused-ring (bicyclic) bond motifs is 1. The van der Waals surface area contributed by atoms with E-state index in [1.165, 1.54) is 18.9 Å². The van der Waals surface area contributed by atoms with Crippen LogP contribution >= 0.6 is 23.2 Å². The van der Waals surface area contributed by atoms with Crippen LogP contribution in [-0.2, 0) is 11.8 Å². The van der Waals surface area contributed by atoms with Crippen LogP contribution in [0.3, 0.4) is 0 Å². The van der Waals surface area contributed by atoms with Crippen LogP contribution in [0, 0.1) is 0 Å². The number of aliphatic hydroxyl groups is 1. The highest BCUT2D eigenvalue weighted by molar-refractivity contribution is 6.40. The second-order valence-electron chi connectivity index (χ2n) is 9.05. The number of aromatic nitrogens is 6. The highest BCUT2D eigenvalue weighted by Gasteiger charge is 2.31. The minimum atomic E-state index is -1.17. The topological polar surface area (TPSA) is 152 Å². The van der Waals surface area contributed by atoms with Crippen LogP contribution in [0.5, 0.6) is 11.5 Å². The second kappa shape index (κ2) is 11.6. The van der Waals surface area contributed by atoms with Crippen molar-refractivity contribution in [1.82, 2.24) is 30.2 Å². The Labute approximate surface area is 250 Å². The van der Waals surface area contributed by atoms with Gasteiger partial charge in [0.15, 0.2) is 12.1 Å². The zero-order valence-electron chi connectivity index (χ0n) is 22.9. The molecule has 0 fully saturated rings. The Hall–Kier alpha value is -4.72. The predicted molar refractivity (Wildman–Crippen MR) is 160 cm³/mol. The van der Waals surface area contributed by atoms with Gasteiger partial charge in [0.2, 0.25) is 11.9 Å². The maximum absolute atomic E-state index is 12.2. The van der Waals surface area contributed by atoms with Crippen molar-refractivity contribution in [3.8, 4) is 22.9 Å². The van der Waals surface area contributed by atoms with Crippen molar-refractivity contribution >= 4 is 63.9 Å². The van der Waals surface area contributed by atoms with E-state index in [1.807, 2.05) is 0 Å². The zero-order chi connectivity index (χ0) is 30.1. The summed E-state index contributed by atoms with van der Waals surface area (Å²) in [7, 11) is 6.33. The van der Waals surface area contributed by atoms with E-state index in [-0.39, 0.29) is 16.0 Å². The number of nitrogens with one attached hydrogen (secondary N) is 2. The molecule has 1 aliphatic heterocycles. The molecule has 1 amide bonds. The van der Waals surface area contributed by atoms with Gasteiger partial charge in [0.25, 0.3) is 0 Å². The molecule has 0 radical (unpaired) electrons. The Morgan fingerprint density at radius 1 is 1.12 bits per heavy atom. The van der Waals surface area contributed by atoms with Crippen molar-refractivity contribution in [3.63, 3.8) is 0 Å². The number of benzene rings is 2. The van der Waals surface area contributed by atoms with E-state index in [0.29, 0.717) is 56.8 Å². The quantitative estimate of drug-likeness (QED) is 0.247. The maximum Gasteiger partial charge on any atom is 0.247 e. The minimum absolute atomic E-state index is 0.214. The summed E-state index contributed by atoms with van der Waals surface area (Å²) in [6, 6.07) is 6.82. The smallest absolute Gasteiger partial charge is 0.247 e. The Kier molecular flexibility index (Phi) is 7.98. The number of anilines is 4. The summed E-state index contributed by atoms with van der Waals surface area (Å²) in [5.74, 6) is 1.42. The molecule has 1 atom stereocenters. The Balaban J connectivity index is 1.53. The summed E-state index contributed by atoms with van der Waals surface area (Å²) in [4.78, 5) is 22.8. The third kappa shape index (κ3) is 5.20. The van der Waals surface area contributed by atoms with Gasteiger partial charge in [-0.05, 0) is 40.8 Å². The van der Waals surface area contributed by atoms with Gasteiger partial charge in [-0.2, -0.15) is 4.98 Å². The molecule has 0 spiro atoms. The van der Waals surface area contributed by atoms with Gasteiger partial charge >= 0.3 is 0 Å². The summed E-state index contributed by atoms with van der Waals surface area (Å²) < 4.78 is 12.3. The lowest BCUT2D eigenvalue weighted by molar-refractivity contribution is -0.111. The molecule has 2 aromatic carbocycles. The molecule has 0 bridgehead atoms. The van der Waals surface area contributed by atoms with Crippen molar-refractivity contribution in [3.05, 3.63) is 64.3 Å². The van der Waals surface area contributed by atoms with Gasteiger partial charge in [-0.25, -0.2) is 9.67 Å². The summed E-state index contributed by atoms with van der Waals surface area (Å²) in [5.41, 5.74) is 2.97. The van der Waals surface area contributed by atoms with Crippen molar-refractivity contribution in [2.24, 2.45) is 7.05 Å². The fraction of sp³-hybridized carbons (Fsp3) is 0.185. The lowest BCUT2D eigenvalue weighted by atomic mass is 9.97. The van der Waals surface area contributed by atoms with E-state index < -0.39 is 12.1 Å². The number of tetrazole rings is 1. The van der Waals surface area contributed by atoms with E-state index in [0.717, 1.165) is 6.08 Å². The highest BCUT2D eigenvalue weighted by Crippen LogP contribution is 2.47. The van der Waals surface area contributed by atoms with Gasteiger partial charge in [-0.3, -0.25) is 4.79 Å². The molecule has 3 N–H and O–H groups in total. The number of amides is 1. The number of aliphatic hydroxyl groups excluding tert-OH is 1. The molecule has 0 aliphatic carbocycles. The number of hydrogen-bond acceptors (Lipinski definition) is 11. The molecule has 13 nitrogen and oxygen atoms in total. The first kappa shape index (κ1) is 28.8. The number of aryl methyl sites for hydroxylation is 1. The molecule has 0 saturated carbocycles. The highest BCUT2D eigenvalue weighted by atomic mass is 35.5. The van der Waals surface area contributed by atoms with E-state index in [1.54, 1.807) is 55.5 Å². The molecular weight excluding hydrogens is 585 g/mol. The molecule has 5 rings (SSSR count). The number of rotatable bonds is 8. The van der Waals surface area contributed by atoms with E-state index in [9.17, 15) is 9.90 Å². The van der Waals surface area contributed by atoms with Crippen LogP contribution in [0.1, 0.15) is 11.1 Å². The SMILES string of the molecule is C=CC(=O)Nc1cc(-c2nnnn2C)ccc1Nc1ncc2c(n1)N(C)C(O)C(c1c(Cl)c(OC)cc(OC)c1Cl)=C2. The molecule has 1 unspecified atom stereocenters. The summed E-state index contributed by atoms with van der Waals surface area (Å²) in [5, 5.41) is 29.2. The Morgan fingerprint density at radius 3 is 2.45 bits per heavy atom. The van der Waals surface area contributed by atoms with Gasteiger partial charge in [0.05, 0.1) is 35.6 Å². The number of methoxy groups -OCH3 is 2. The number of likely N-dealkylation sites (N-methyl/N-ethyl adjacent to an activating group) is 1. The summed E-state index contributed by atoms with van der Waals surface area (Å²) in [6.45, 7) is 3.52. The normalized spacial score (nSPS) is 14.1. The van der Waals surface area contributed by atoms with Crippen molar-refractivity contribution in [2.75, 3.05) is 36.8 Å². The number of carbonyl (C=O) groups excluding carboxylic acids is 1. The number of halogens is 2. The van der Waals surface area contributed by atoms with E-state index in [2.05, 4.69) is 42.7 Å². The van der Waals surface area contributed by atoms with Crippen molar-refractivity contribution in [1.29, 1.82) is 0 Å². The van der Waals surface area contributed by atoms with Crippen LogP contribution < -0.4 is 25.0 Å². The van der Waals surface area contributed by atoms with Gasteiger partial charge in [0.1, 0.15) is 17.3 Å². The zero-order valence-corrected chi connectivity index (χ0v) is 24.4. The Bertz CT molecular complexity index is 1710. The van der Waals surface area contributed by atoms with Crippen LogP contribution in [0.4, 0.5) is 23.1 Å². The molecule has 15 heteroatoms. The van der Waals surface area contributed by atoms with E-state index in [4.69, 9.17) is 32.7 Å². The van der Waals surface area contributed by atoms with Crippen LogP contribution in [-0.4, -0.2) is 68.7 Å². The molecule has 42 heavy (non-hydrogen) atoms. The first-order valence-corrected chi connectivity index (χ1v) is 13.1. The molecule has 216 valence electrons. The van der Waals surface area contributed by atoms with Gasteiger partial charge in [0, 0.05) is 48.6 Å². The van der Waals surface area contributed by atoms with Crippen molar-refractivity contribution < 1.29 is 19.4 Å². The van der Waals surface area contributed by atoms with Crippen molar-refractivity contribution in [2.45, 2.75) is 6.23 Å². The van der Waals surface area contributed by atoms with Gasteiger partial charge < -0.3 is 30.1 Å². The monoisotopic (exact) mass is 609 g/mol. The maximum atomic E-state index is 12.2. The molecule has 2 aromatic heterocycles. The minimum Gasteiger partial charge on any atom is -0.495 e. The van der Waals surface area contributed by atoms with E-state index >= 15 is 0 Å². The van der Waals surface area contributed by atoms with Gasteiger partial charge in [-0.15, -0.1) is 5.10 Å². The summed E-state index contributed by atoms with van der Waals surface area (Å²) >= 11 is 13.2. The third-order valence-electron chi connectivity index (χ3n) is 6.54. The average molecular weight is 610 g/mol. The molecular formula is C27H25Cl2N9O4. The van der Waals surface area contributed by atoms with Crippen LogP contribution in [0.2, 0.25) is 10.0 Å². The number of hydrogen-bond donors (Lipinski definition) is 3. The first-order chi connectivity index (χ1) is 20.2. The third-order valence-corrected chi connectivity index (χ3v) is 7.29. The predicted octanol–water partition coefficient (Wildman–Crippen LogP) is 4.17. The number of carbonyl (C=O) groups is 1. The fourth-order valence-electron chi connectivity index (χ4n) is 4.41. The Morgan fingerprint density at radius 2 is 1.83 bits per heavy atom. The van der Waals surface area contributed by atoms with Crippen LogP contribution in [0.15, 0.2) is 43.1 Å². The molecule has 1 aliphatic rings. The number of ether oxygens (including phenoxy) is 2. The molecule has 4 aromatic rings. The average Bonchev–Trinajstić information content (AvgIpc) is 3.42. The first-order valence-electron chi connectivity index (χ1n) is 12.3. The lowest BCUT2D eigenvalue weighted by Gasteiger charge is -2.33. The summed E-state index contributed by atoms with van der Waals surface area (Å²) in [6.07, 6.45) is 3.28. The molecule has 3 heterocycles. The second-order valence-corrected chi connectivity index (χ2v) is 9.80. The fourth-order valence-corrected chi connectivity index (χ4v) is 5.13. The standard InChI is InChI=1S/C27H25Cl2N9O4/c1-6-20(39)31-17-10-13(25-34-35-36-38(25)3)7-8-16(17)32-27-30-12-14-9-15(26(40)37(2)24(14)33-27)21-22(28)18(41-4)11-19(42-5)23(21)29/h6-12,26,40H,1H2,2-5H3,(H,31,39)(H,30,32,33). The largest absolute Gasteiger partial charge is 0.495 e. The lowest BCUT2D eigenvalue weighted by Crippen LogP contribution is -2.36. The van der Waals surface area contributed by atoms with Crippen LogP contribution in [0.25, 0.3) is 23.0 Å².